The maximum absolute atomic E-state index is 11.8. The average Bonchev–Trinajstić information content (AvgIpc) is 2.33. The van der Waals surface area contributed by atoms with Crippen molar-refractivity contribution in [2.24, 2.45) is 0 Å². The fraction of sp³-hybridized carbons (Fsp3) is 0.462. The van der Waals surface area contributed by atoms with E-state index in [0.717, 1.165) is 19.3 Å². The maximum atomic E-state index is 11.8. The molecule has 0 spiro atoms. The topological polar surface area (TPSA) is 44.6 Å². The Morgan fingerprint density at radius 1 is 1.19 bits per heavy atom. The van der Waals surface area contributed by atoms with Gasteiger partial charge in [-0.25, -0.2) is 4.79 Å². The van der Waals surface area contributed by atoms with Gasteiger partial charge in [-0.15, -0.1) is 0 Å². The lowest BCUT2D eigenvalue weighted by Gasteiger charge is -2.42. The van der Waals surface area contributed by atoms with Gasteiger partial charge < -0.3 is 10.3 Å². The normalized spacial score (nSPS) is 33.1. The Kier molecular flexibility index (Phi) is 2.30. The molecular formula is C13H15NO2. The highest BCUT2D eigenvalue weighted by Gasteiger charge is 2.40. The van der Waals surface area contributed by atoms with E-state index in [9.17, 15) is 10.0 Å². The third-order valence-corrected chi connectivity index (χ3v) is 3.96. The number of hydrogen-bond donors (Lipinski definition) is 1. The summed E-state index contributed by atoms with van der Waals surface area (Å²) in [4.78, 5) is 11.4. The van der Waals surface area contributed by atoms with Gasteiger partial charge in [0.2, 0.25) is 0 Å². The van der Waals surface area contributed by atoms with Crippen LogP contribution in [0.4, 0.5) is 0 Å². The number of carbonyl (C=O) groups is 1. The standard InChI is InChI=1S/C13H15NO2/c15-13-8-6-11-10-4-2-1-3-9(10)5-7-12(11)14(13)16/h1-4,11-12,14H,5-8H2. The summed E-state index contributed by atoms with van der Waals surface area (Å²) >= 11 is 0. The lowest BCUT2D eigenvalue weighted by molar-refractivity contribution is -0.803. The molecule has 1 aliphatic heterocycles. The van der Waals surface area contributed by atoms with Gasteiger partial charge in [0.15, 0.2) is 0 Å². The van der Waals surface area contributed by atoms with E-state index in [1.165, 1.54) is 11.1 Å². The first-order valence-electron chi connectivity index (χ1n) is 5.92. The summed E-state index contributed by atoms with van der Waals surface area (Å²) in [5.41, 5.74) is 2.67. The number of quaternary nitrogens is 1. The quantitative estimate of drug-likeness (QED) is 0.653. The van der Waals surface area contributed by atoms with Crippen LogP contribution in [0.3, 0.4) is 0 Å². The summed E-state index contributed by atoms with van der Waals surface area (Å²) in [7, 11) is 0. The molecule has 1 aliphatic carbocycles. The van der Waals surface area contributed by atoms with Crippen LogP contribution in [0.25, 0.3) is 0 Å². The van der Waals surface area contributed by atoms with Gasteiger partial charge in [-0.3, -0.25) is 0 Å². The second kappa shape index (κ2) is 3.68. The summed E-state index contributed by atoms with van der Waals surface area (Å²) < 4.78 is 0. The second-order valence-electron chi connectivity index (χ2n) is 4.78. The van der Waals surface area contributed by atoms with Gasteiger partial charge in [-0.2, -0.15) is 0 Å². The summed E-state index contributed by atoms with van der Waals surface area (Å²) in [6, 6.07) is 8.31. The molecule has 3 heteroatoms. The zero-order valence-electron chi connectivity index (χ0n) is 9.11. The molecule has 0 saturated carbocycles. The predicted molar refractivity (Wildman–Crippen MR) is 59.9 cm³/mol. The molecule has 3 rings (SSSR count). The van der Waals surface area contributed by atoms with Gasteiger partial charge in [-0.05, 0) is 24.0 Å². The van der Waals surface area contributed by atoms with Crippen LogP contribution in [-0.4, -0.2) is 11.9 Å². The van der Waals surface area contributed by atoms with E-state index in [4.69, 9.17) is 0 Å². The Hall–Kier alpha value is -1.19. The monoisotopic (exact) mass is 217 g/mol. The third kappa shape index (κ3) is 1.39. The van der Waals surface area contributed by atoms with E-state index < -0.39 is 0 Å². The molecule has 16 heavy (non-hydrogen) atoms. The van der Waals surface area contributed by atoms with Crippen molar-refractivity contribution in [2.45, 2.75) is 37.6 Å². The first-order valence-corrected chi connectivity index (χ1v) is 5.92. The Morgan fingerprint density at radius 3 is 2.88 bits per heavy atom. The van der Waals surface area contributed by atoms with E-state index in [1.54, 1.807) is 0 Å². The fourth-order valence-electron chi connectivity index (χ4n) is 3.14. The number of nitrogens with one attached hydrogen (secondary N) is 1. The first-order chi connectivity index (χ1) is 7.77. The molecule has 1 aromatic rings. The average molecular weight is 217 g/mol. The number of hydrogen-bond acceptors (Lipinski definition) is 2. The number of aryl methyl sites for hydroxylation is 1. The van der Waals surface area contributed by atoms with Crippen LogP contribution in [0.5, 0.6) is 0 Å². The van der Waals surface area contributed by atoms with Crippen molar-refractivity contribution in [3.8, 4) is 0 Å². The first kappa shape index (κ1) is 10.00. The molecule has 1 N–H and O–H groups in total. The van der Waals surface area contributed by atoms with E-state index in [0.29, 0.717) is 12.3 Å². The van der Waals surface area contributed by atoms with Gasteiger partial charge in [0.25, 0.3) is 0 Å². The molecule has 3 unspecified atom stereocenters. The van der Waals surface area contributed by atoms with Crippen LogP contribution in [0.1, 0.15) is 36.3 Å². The molecule has 0 bridgehead atoms. The molecule has 2 aliphatic rings. The van der Waals surface area contributed by atoms with E-state index in [1.807, 2.05) is 6.07 Å². The Morgan fingerprint density at radius 2 is 2.00 bits per heavy atom. The van der Waals surface area contributed by atoms with Crippen molar-refractivity contribution in [1.29, 1.82) is 0 Å². The Labute approximate surface area is 94.6 Å². The smallest absolute Gasteiger partial charge is 0.312 e. The maximum Gasteiger partial charge on any atom is 0.312 e. The van der Waals surface area contributed by atoms with Crippen molar-refractivity contribution < 1.29 is 9.86 Å². The lowest BCUT2D eigenvalue weighted by atomic mass is 9.75. The number of carbonyl (C=O) groups excluding carboxylic acids is 1. The molecule has 1 saturated heterocycles. The summed E-state index contributed by atoms with van der Waals surface area (Å²) in [6.45, 7) is 0. The van der Waals surface area contributed by atoms with Gasteiger partial charge in [0.05, 0.1) is 6.42 Å². The number of benzene rings is 1. The Bertz CT molecular complexity index is 430. The molecule has 3 nitrogen and oxygen atoms in total. The van der Waals surface area contributed by atoms with Crippen molar-refractivity contribution in [2.75, 3.05) is 0 Å². The Balaban J connectivity index is 1.99. The van der Waals surface area contributed by atoms with Crippen LogP contribution < -0.4 is 5.06 Å². The highest BCUT2D eigenvalue weighted by atomic mass is 16.5. The van der Waals surface area contributed by atoms with E-state index in [-0.39, 0.29) is 17.0 Å². The summed E-state index contributed by atoms with van der Waals surface area (Å²) in [6.07, 6.45) is 3.09. The number of rotatable bonds is 0. The molecule has 3 atom stereocenters. The molecule has 1 amide bonds. The molecule has 1 aromatic carbocycles. The molecule has 1 heterocycles. The molecule has 0 aromatic heterocycles. The molecule has 0 radical (unpaired) electrons. The van der Waals surface area contributed by atoms with Crippen LogP contribution >= 0.6 is 0 Å². The largest absolute Gasteiger partial charge is 0.627 e. The minimum atomic E-state index is -0.152. The number of fused-ring (bicyclic) bond motifs is 3. The van der Waals surface area contributed by atoms with Crippen molar-refractivity contribution in [3.05, 3.63) is 40.6 Å². The lowest BCUT2D eigenvalue weighted by Crippen LogP contribution is -3.15. The number of amides is 1. The highest BCUT2D eigenvalue weighted by Crippen LogP contribution is 2.35. The van der Waals surface area contributed by atoms with E-state index in [2.05, 4.69) is 18.2 Å². The van der Waals surface area contributed by atoms with Crippen LogP contribution in [0.2, 0.25) is 0 Å². The third-order valence-electron chi connectivity index (χ3n) is 3.96. The van der Waals surface area contributed by atoms with Gasteiger partial charge >= 0.3 is 5.91 Å². The van der Waals surface area contributed by atoms with Gasteiger partial charge in [0.1, 0.15) is 6.04 Å². The predicted octanol–water partition coefficient (Wildman–Crippen LogP) is 0.788. The minimum absolute atomic E-state index is 0.0313. The zero-order valence-corrected chi connectivity index (χ0v) is 9.11. The molecule has 1 fully saturated rings. The highest BCUT2D eigenvalue weighted by molar-refractivity contribution is 5.68. The van der Waals surface area contributed by atoms with Gasteiger partial charge in [0, 0.05) is 12.3 Å². The van der Waals surface area contributed by atoms with Crippen molar-refractivity contribution >= 4 is 5.91 Å². The number of piperidine rings is 1. The summed E-state index contributed by atoms with van der Waals surface area (Å²) in [5, 5.41) is 11.7. The van der Waals surface area contributed by atoms with Crippen molar-refractivity contribution in [3.63, 3.8) is 0 Å². The van der Waals surface area contributed by atoms with E-state index >= 15 is 0 Å². The minimum Gasteiger partial charge on any atom is -0.627 e. The zero-order chi connectivity index (χ0) is 11.1. The summed E-state index contributed by atoms with van der Waals surface area (Å²) in [5.74, 6) is 0.149. The van der Waals surface area contributed by atoms with Crippen LogP contribution in [-0.2, 0) is 11.2 Å². The second-order valence-corrected chi connectivity index (χ2v) is 4.78. The van der Waals surface area contributed by atoms with Crippen LogP contribution in [0.15, 0.2) is 24.3 Å². The molecule has 84 valence electrons. The van der Waals surface area contributed by atoms with Crippen LogP contribution in [0, 0.1) is 5.21 Å². The fourth-order valence-corrected chi connectivity index (χ4v) is 3.14. The molecular weight excluding hydrogens is 202 g/mol. The number of hydroxylamine groups is 2. The van der Waals surface area contributed by atoms with Gasteiger partial charge in [-0.1, -0.05) is 24.3 Å². The van der Waals surface area contributed by atoms with Crippen molar-refractivity contribution in [1.82, 2.24) is 0 Å². The SMILES string of the molecule is O=C1CCC2c3ccccc3CCC2[NH+]1[O-].